The van der Waals surface area contributed by atoms with E-state index >= 15 is 0 Å². The number of hydrogen-bond acceptors (Lipinski definition) is 5. The van der Waals surface area contributed by atoms with E-state index in [0.717, 1.165) is 22.5 Å². The van der Waals surface area contributed by atoms with Crippen molar-refractivity contribution in [2.75, 3.05) is 0 Å². The third kappa shape index (κ3) is 2.04. The van der Waals surface area contributed by atoms with Crippen LogP contribution >= 0.6 is 11.3 Å². The number of nitrogens with zero attached hydrogens (tertiary/aromatic N) is 1. The first kappa shape index (κ1) is 11.7. The summed E-state index contributed by atoms with van der Waals surface area (Å²) in [4.78, 5) is 15.2. The van der Waals surface area contributed by atoms with Crippen molar-refractivity contribution in [2.24, 2.45) is 11.6 Å². The van der Waals surface area contributed by atoms with E-state index in [1.807, 2.05) is 24.4 Å². The summed E-state index contributed by atoms with van der Waals surface area (Å²) in [6.07, 6.45) is 1.57. The van der Waals surface area contributed by atoms with Gasteiger partial charge in [-0.25, -0.2) is 4.79 Å². The van der Waals surface area contributed by atoms with Crippen LogP contribution in [0.1, 0.15) is 12.6 Å². The smallest absolute Gasteiger partial charge is 0.372 e. The molecule has 0 aromatic carbocycles. The van der Waals surface area contributed by atoms with Crippen LogP contribution < -0.4 is 11.6 Å². The standard InChI is InChI=1S/C11H13N3O2S/c1-2-14-7(5-8(12)11(15)16-13)6-10-9(14)3-4-17-10/h3-6H,2,12-13H2,1H3. The van der Waals surface area contributed by atoms with Gasteiger partial charge in [-0.05, 0) is 30.5 Å². The zero-order valence-electron chi connectivity index (χ0n) is 9.34. The highest BCUT2D eigenvalue weighted by molar-refractivity contribution is 7.17. The average molecular weight is 251 g/mol. The first-order chi connectivity index (χ1) is 8.17. The fraction of sp³-hybridized carbons (Fsp3) is 0.182. The molecule has 17 heavy (non-hydrogen) atoms. The number of aryl methyl sites for hydroxylation is 1. The second kappa shape index (κ2) is 4.60. The minimum atomic E-state index is -0.725. The molecule has 0 saturated carbocycles. The number of thiophene rings is 1. The summed E-state index contributed by atoms with van der Waals surface area (Å²) < 4.78 is 3.23. The van der Waals surface area contributed by atoms with E-state index in [2.05, 4.69) is 9.40 Å². The number of fused-ring (bicyclic) bond motifs is 1. The molecule has 0 fully saturated rings. The number of rotatable bonds is 3. The Hall–Kier alpha value is -1.79. The third-order valence-electron chi connectivity index (χ3n) is 2.52. The van der Waals surface area contributed by atoms with Crippen LogP contribution in [0, 0.1) is 0 Å². The lowest BCUT2D eigenvalue weighted by atomic mass is 10.3. The van der Waals surface area contributed by atoms with Gasteiger partial charge in [-0.15, -0.1) is 11.3 Å². The number of hydrogen-bond donors (Lipinski definition) is 2. The zero-order valence-corrected chi connectivity index (χ0v) is 10.2. The van der Waals surface area contributed by atoms with E-state index in [9.17, 15) is 4.79 Å². The number of carbonyl (C=O) groups is 1. The van der Waals surface area contributed by atoms with Crippen LogP contribution in [0.4, 0.5) is 0 Å². The van der Waals surface area contributed by atoms with Crippen LogP contribution in [0.3, 0.4) is 0 Å². The van der Waals surface area contributed by atoms with E-state index < -0.39 is 5.97 Å². The molecule has 0 unspecified atom stereocenters. The van der Waals surface area contributed by atoms with Gasteiger partial charge in [-0.3, -0.25) is 0 Å². The van der Waals surface area contributed by atoms with Crippen molar-refractivity contribution in [1.29, 1.82) is 0 Å². The van der Waals surface area contributed by atoms with Gasteiger partial charge in [0.2, 0.25) is 0 Å². The lowest BCUT2D eigenvalue weighted by molar-refractivity contribution is -0.139. The molecule has 2 rings (SSSR count). The van der Waals surface area contributed by atoms with Gasteiger partial charge in [0.1, 0.15) is 5.70 Å². The van der Waals surface area contributed by atoms with Crippen molar-refractivity contribution in [1.82, 2.24) is 4.57 Å². The van der Waals surface area contributed by atoms with E-state index in [0.29, 0.717) is 0 Å². The molecule has 0 aliphatic carbocycles. The van der Waals surface area contributed by atoms with E-state index in [1.54, 1.807) is 17.4 Å². The summed E-state index contributed by atoms with van der Waals surface area (Å²) in [5.74, 6) is 4.05. The molecular weight excluding hydrogens is 238 g/mol. The number of nitrogens with two attached hydrogens (primary N) is 2. The highest BCUT2D eigenvalue weighted by Gasteiger charge is 2.10. The molecule has 0 aliphatic heterocycles. The van der Waals surface area contributed by atoms with Crippen LogP contribution in [0.15, 0.2) is 23.2 Å². The third-order valence-corrected chi connectivity index (χ3v) is 3.37. The molecule has 0 saturated heterocycles. The number of carbonyl (C=O) groups excluding carboxylic acids is 1. The number of aromatic nitrogens is 1. The fourth-order valence-corrected chi connectivity index (χ4v) is 2.59. The van der Waals surface area contributed by atoms with Gasteiger partial charge in [0.05, 0.1) is 10.2 Å². The van der Waals surface area contributed by atoms with Crippen molar-refractivity contribution >= 4 is 33.6 Å². The summed E-state index contributed by atoms with van der Waals surface area (Å²) in [6, 6.07) is 4.03. The van der Waals surface area contributed by atoms with Crippen molar-refractivity contribution in [3.8, 4) is 0 Å². The van der Waals surface area contributed by atoms with Crippen LogP contribution in [-0.4, -0.2) is 10.5 Å². The molecule has 5 nitrogen and oxygen atoms in total. The molecule has 2 aromatic rings. The van der Waals surface area contributed by atoms with E-state index in [1.165, 1.54) is 0 Å². The molecule has 0 radical (unpaired) electrons. The van der Waals surface area contributed by atoms with E-state index in [-0.39, 0.29) is 5.70 Å². The molecule has 2 aromatic heterocycles. The van der Waals surface area contributed by atoms with Gasteiger partial charge >= 0.3 is 5.97 Å². The van der Waals surface area contributed by atoms with E-state index in [4.69, 9.17) is 11.6 Å². The Balaban J connectivity index is 2.48. The van der Waals surface area contributed by atoms with Gasteiger partial charge < -0.3 is 15.1 Å². The molecule has 90 valence electrons. The Labute approximate surface area is 102 Å². The lowest BCUT2D eigenvalue weighted by Gasteiger charge is -2.04. The molecule has 2 heterocycles. The molecule has 0 amide bonds. The monoisotopic (exact) mass is 251 g/mol. The molecule has 0 spiro atoms. The molecule has 0 aliphatic rings. The van der Waals surface area contributed by atoms with Crippen molar-refractivity contribution in [2.45, 2.75) is 13.5 Å². The Morgan fingerprint density at radius 3 is 3.06 bits per heavy atom. The predicted octanol–water partition coefficient (Wildman–Crippen LogP) is 1.44. The summed E-state index contributed by atoms with van der Waals surface area (Å²) >= 11 is 1.65. The Bertz CT molecular complexity index is 583. The minimum Gasteiger partial charge on any atom is -0.393 e. The second-order valence-corrected chi connectivity index (χ2v) is 4.44. The highest BCUT2D eigenvalue weighted by Crippen LogP contribution is 2.26. The van der Waals surface area contributed by atoms with Gasteiger partial charge in [0, 0.05) is 12.2 Å². The quantitative estimate of drug-likeness (QED) is 0.638. The van der Waals surface area contributed by atoms with Crippen LogP contribution in [0.25, 0.3) is 16.3 Å². The van der Waals surface area contributed by atoms with Gasteiger partial charge in [-0.2, -0.15) is 5.90 Å². The van der Waals surface area contributed by atoms with Crippen LogP contribution in [0.2, 0.25) is 0 Å². The summed E-state index contributed by atoms with van der Waals surface area (Å²) in [5.41, 5.74) is 7.57. The Kier molecular flexibility index (Phi) is 3.16. The fourth-order valence-electron chi connectivity index (χ4n) is 1.76. The maximum atomic E-state index is 11.1. The normalized spacial score (nSPS) is 12.0. The molecular formula is C11H13N3O2S. The Morgan fingerprint density at radius 1 is 1.65 bits per heavy atom. The average Bonchev–Trinajstić information content (AvgIpc) is 2.87. The van der Waals surface area contributed by atoms with Crippen molar-refractivity contribution in [3.63, 3.8) is 0 Å². The van der Waals surface area contributed by atoms with Crippen LogP contribution in [-0.2, 0) is 16.2 Å². The SMILES string of the molecule is CCn1c(C=C(N)C(=O)ON)cc2sccc21. The second-order valence-electron chi connectivity index (χ2n) is 3.49. The van der Waals surface area contributed by atoms with Crippen molar-refractivity contribution < 1.29 is 9.63 Å². The predicted molar refractivity (Wildman–Crippen MR) is 67.9 cm³/mol. The summed E-state index contributed by atoms with van der Waals surface area (Å²) in [5, 5.41) is 2.03. The summed E-state index contributed by atoms with van der Waals surface area (Å²) in [7, 11) is 0. The Morgan fingerprint density at radius 2 is 2.41 bits per heavy atom. The molecule has 0 bridgehead atoms. The molecule has 4 N–H and O–H groups in total. The summed E-state index contributed by atoms with van der Waals surface area (Å²) in [6.45, 7) is 2.84. The van der Waals surface area contributed by atoms with Gasteiger partial charge in [0.15, 0.2) is 0 Å². The largest absolute Gasteiger partial charge is 0.393 e. The zero-order chi connectivity index (χ0) is 12.4. The molecule has 0 atom stereocenters. The van der Waals surface area contributed by atoms with Gasteiger partial charge in [-0.1, -0.05) is 0 Å². The maximum Gasteiger partial charge on any atom is 0.372 e. The van der Waals surface area contributed by atoms with Gasteiger partial charge in [0.25, 0.3) is 0 Å². The molecule has 6 heteroatoms. The van der Waals surface area contributed by atoms with Crippen molar-refractivity contribution in [3.05, 3.63) is 28.9 Å². The maximum absolute atomic E-state index is 11.1. The van der Waals surface area contributed by atoms with Crippen LogP contribution in [0.5, 0.6) is 0 Å². The minimum absolute atomic E-state index is 0.00708. The lowest BCUT2D eigenvalue weighted by Crippen LogP contribution is -2.18. The highest BCUT2D eigenvalue weighted by atomic mass is 32.1. The first-order valence-electron chi connectivity index (χ1n) is 5.12. The first-order valence-corrected chi connectivity index (χ1v) is 6.00. The topological polar surface area (TPSA) is 83.3 Å².